The smallest absolute Gasteiger partial charge is 0.111 e. The molecule has 1 nitrogen and oxygen atoms in total. The molecule has 0 amide bonds. The van der Waals surface area contributed by atoms with E-state index in [4.69, 9.17) is 4.74 Å². The van der Waals surface area contributed by atoms with E-state index in [0.717, 1.165) is 12.2 Å². The van der Waals surface area contributed by atoms with Gasteiger partial charge < -0.3 is 4.74 Å². The molecule has 1 heterocycles. The van der Waals surface area contributed by atoms with E-state index < -0.39 is 0 Å². The van der Waals surface area contributed by atoms with Crippen LogP contribution in [0, 0.1) is 0 Å². The Hall–Kier alpha value is 0.310. The van der Waals surface area contributed by atoms with E-state index >= 15 is 0 Å². The van der Waals surface area contributed by atoms with Gasteiger partial charge in [0.1, 0.15) is 4.93 Å². The van der Waals surface area contributed by atoms with E-state index in [2.05, 4.69) is 20.8 Å². The lowest BCUT2D eigenvalue weighted by molar-refractivity contribution is 0.0119. The van der Waals surface area contributed by atoms with Gasteiger partial charge in [0.15, 0.2) is 0 Å². The molecule has 0 spiro atoms. The summed E-state index contributed by atoms with van der Waals surface area (Å²) in [6.45, 7) is 6.47. The van der Waals surface area contributed by atoms with Gasteiger partial charge in [0.25, 0.3) is 0 Å². The standard InChI is InChI=1S/C7H14OS/c1-4-7(3)8-6(2)5-9-7/h6H,4-5H2,1-3H3. The quantitative estimate of drug-likeness (QED) is 0.561. The largest absolute Gasteiger partial charge is 0.361 e. The summed E-state index contributed by atoms with van der Waals surface area (Å²) >= 11 is 1.93. The lowest BCUT2D eigenvalue weighted by atomic mass is 10.3. The zero-order valence-electron chi connectivity index (χ0n) is 6.31. The highest BCUT2D eigenvalue weighted by atomic mass is 32.2. The molecule has 1 rings (SSSR count). The van der Waals surface area contributed by atoms with Gasteiger partial charge in [-0.25, -0.2) is 0 Å². The van der Waals surface area contributed by atoms with Gasteiger partial charge in [-0.3, -0.25) is 0 Å². The lowest BCUT2D eigenvalue weighted by Gasteiger charge is -2.20. The van der Waals surface area contributed by atoms with Crippen molar-refractivity contribution in [3.8, 4) is 0 Å². The minimum absolute atomic E-state index is 0.124. The molecule has 54 valence electrons. The van der Waals surface area contributed by atoms with Crippen molar-refractivity contribution in [3.05, 3.63) is 0 Å². The maximum absolute atomic E-state index is 5.66. The molecule has 0 saturated carbocycles. The topological polar surface area (TPSA) is 9.23 Å². The highest BCUT2D eigenvalue weighted by Crippen LogP contribution is 2.38. The van der Waals surface area contributed by atoms with Crippen molar-refractivity contribution in [2.75, 3.05) is 5.75 Å². The Bertz CT molecular complexity index is 105. The molecule has 0 radical (unpaired) electrons. The molecular formula is C7H14OS. The van der Waals surface area contributed by atoms with Crippen LogP contribution in [0.2, 0.25) is 0 Å². The minimum Gasteiger partial charge on any atom is -0.361 e. The molecule has 1 fully saturated rings. The minimum atomic E-state index is 0.124. The molecule has 1 aliphatic heterocycles. The Morgan fingerprint density at radius 1 is 1.78 bits per heavy atom. The number of hydrogen-bond acceptors (Lipinski definition) is 2. The van der Waals surface area contributed by atoms with E-state index in [-0.39, 0.29) is 4.93 Å². The Balaban J connectivity index is 2.45. The van der Waals surface area contributed by atoms with E-state index in [1.807, 2.05) is 11.8 Å². The van der Waals surface area contributed by atoms with Crippen molar-refractivity contribution in [2.24, 2.45) is 0 Å². The van der Waals surface area contributed by atoms with Crippen LogP contribution in [0.15, 0.2) is 0 Å². The van der Waals surface area contributed by atoms with Gasteiger partial charge in [-0.15, -0.1) is 11.8 Å². The summed E-state index contributed by atoms with van der Waals surface area (Å²) < 4.78 is 5.66. The molecular weight excluding hydrogens is 132 g/mol. The maximum Gasteiger partial charge on any atom is 0.111 e. The second kappa shape index (κ2) is 2.51. The highest BCUT2D eigenvalue weighted by Gasteiger charge is 2.32. The van der Waals surface area contributed by atoms with Gasteiger partial charge in [0.05, 0.1) is 6.10 Å². The van der Waals surface area contributed by atoms with Crippen molar-refractivity contribution < 1.29 is 4.74 Å². The average molecular weight is 146 g/mol. The average Bonchev–Trinajstić information content (AvgIpc) is 2.13. The molecule has 2 unspecified atom stereocenters. The number of hydrogen-bond donors (Lipinski definition) is 0. The molecule has 0 aromatic heterocycles. The fraction of sp³-hybridized carbons (Fsp3) is 1.00. The zero-order chi connectivity index (χ0) is 6.91. The van der Waals surface area contributed by atoms with Crippen LogP contribution >= 0.6 is 11.8 Å². The SMILES string of the molecule is CCC1(C)OC(C)CS1. The summed E-state index contributed by atoms with van der Waals surface area (Å²) in [5.74, 6) is 1.16. The van der Waals surface area contributed by atoms with E-state index in [1.165, 1.54) is 0 Å². The Morgan fingerprint density at radius 3 is 2.67 bits per heavy atom. The van der Waals surface area contributed by atoms with Crippen molar-refractivity contribution in [2.45, 2.75) is 38.2 Å². The highest BCUT2D eigenvalue weighted by molar-refractivity contribution is 8.00. The molecule has 1 saturated heterocycles. The van der Waals surface area contributed by atoms with Crippen LogP contribution in [0.5, 0.6) is 0 Å². The second-order valence-corrected chi connectivity index (χ2v) is 4.21. The predicted octanol–water partition coefficient (Wildman–Crippen LogP) is 2.26. The third-order valence-electron chi connectivity index (χ3n) is 1.72. The van der Waals surface area contributed by atoms with Gasteiger partial charge >= 0.3 is 0 Å². The van der Waals surface area contributed by atoms with Gasteiger partial charge in [0, 0.05) is 5.75 Å². The van der Waals surface area contributed by atoms with Crippen LogP contribution < -0.4 is 0 Å². The summed E-state index contributed by atoms with van der Waals surface area (Å²) in [6, 6.07) is 0. The number of thioether (sulfide) groups is 1. The van der Waals surface area contributed by atoms with Gasteiger partial charge in [-0.05, 0) is 20.3 Å². The second-order valence-electron chi connectivity index (χ2n) is 2.73. The van der Waals surface area contributed by atoms with Crippen LogP contribution in [-0.2, 0) is 4.74 Å². The summed E-state index contributed by atoms with van der Waals surface area (Å²) in [6.07, 6.45) is 1.57. The summed E-state index contributed by atoms with van der Waals surface area (Å²) in [5.41, 5.74) is 0. The first kappa shape index (κ1) is 7.42. The first-order valence-corrected chi connectivity index (χ1v) is 4.46. The fourth-order valence-corrected chi connectivity index (χ4v) is 2.06. The Labute approximate surface area is 61.2 Å². The van der Waals surface area contributed by atoms with E-state index in [1.54, 1.807) is 0 Å². The summed E-state index contributed by atoms with van der Waals surface area (Å²) in [5, 5.41) is 0. The zero-order valence-corrected chi connectivity index (χ0v) is 7.12. The van der Waals surface area contributed by atoms with Crippen molar-refractivity contribution in [3.63, 3.8) is 0 Å². The first-order chi connectivity index (χ1) is 4.16. The maximum atomic E-state index is 5.66. The molecule has 0 N–H and O–H groups in total. The van der Waals surface area contributed by atoms with Gasteiger partial charge in [-0.2, -0.15) is 0 Å². The summed E-state index contributed by atoms with van der Waals surface area (Å²) in [4.78, 5) is 0.124. The number of rotatable bonds is 1. The third-order valence-corrected chi connectivity index (χ3v) is 3.35. The monoisotopic (exact) mass is 146 g/mol. The first-order valence-electron chi connectivity index (χ1n) is 3.48. The van der Waals surface area contributed by atoms with E-state index in [9.17, 15) is 0 Å². The summed E-state index contributed by atoms with van der Waals surface area (Å²) in [7, 11) is 0. The van der Waals surface area contributed by atoms with Crippen molar-refractivity contribution >= 4 is 11.8 Å². The molecule has 2 atom stereocenters. The van der Waals surface area contributed by atoms with Gasteiger partial charge in [-0.1, -0.05) is 6.92 Å². The molecule has 0 aromatic carbocycles. The fourth-order valence-electron chi connectivity index (χ4n) is 0.973. The number of ether oxygens (including phenoxy) is 1. The Kier molecular flexibility index (Phi) is 2.07. The van der Waals surface area contributed by atoms with Crippen LogP contribution in [0.25, 0.3) is 0 Å². The van der Waals surface area contributed by atoms with Crippen LogP contribution in [0.3, 0.4) is 0 Å². The predicted molar refractivity (Wildman–Crippen MR) is 41.7 cm³/mol. The van der Waals surface area contributed by atoms with Crippen LogP contribution in [0.4, 0.5) is 0 Å². The molecule has 0 bridgehead atoms. The van der Waals surface area contributed by atoms with Crippen molar-refractivity contribution in [1.82, 2.24) is 0 Å². The molecule has 0 aliphatic carbocycles. The molecule has 9 heavy (non-hydrogen) atoms. The van der Waals surface area contributed by atoms with Gasteiger partial charge in [0.2, 0.25) is 0 Å². The Morgan fingerprint density at radius 2 is 2.44 bits per heavy atom. The molecule has 0 aromatic rings. The van der Waals surface area contributed by atoms with Crippen LogP contribution in [-0.4, -0.2) is 16.8 Å². The molecule has 1 aliphatic rings. The van der Waals surface area contributed by atoms with Crippen molar-refractivity contribution in [1.29, 1.82) is 0 Å². The normalized spacial score (nSPS) is 43.7. The lowest BCUT2D eigenvalue weighted by Crippen LogP contribution is -2.19. The van der Waals surface area contributed by atoms with E-state index in [0.29, 0.717) is 6.10 Å². The van der Waals surface area contributed by atoms with Crippen LogP contribution in [0.1, 0.15) is 27.2 Å². The molecule has 2 heteroatoms. The third kappa shape index (κ3) is 1.62.